The summed E-state index contributed by atoms with van der Waals surface area (Å²) >= 11 is 0. The fourth-order valence-corrected chi connectivity index (χ4v) is 2.34. The molecule has 2 heterocycles. The van der Waals surface area contributed by atoms with Gasteiger partial charge in [-0.25, -0.2) is 0 Å². The molecule has 0 unspecified atom stereocenters. The van der Waals surface area contributed by atoms with E-state index in [0.29, 0.717) is 12.5 Å². The van der Waals surface area contributed by atoms with Gasteiger partial charge < -0.3 is 15.2 Å². The Morgan fingerprint density at radius 2 is 1.88 bits per heavy atom. The van der Waals surface area contributed by atoms with Crippen molar-refractivity contribution in [1.29, 1.82) is 0 Å². The molecule has 0 aliphatic carbocycles. The number of carbonyl (C=O) groups excluding carboxylic acids is 1. The molecule has 5 nitrogen and oxygen atoms in total. The van der Waals surface area contributed by atoms with Crippen LogP contribution in [0.15, 0.2) is 12.2 Å². The molecule has 2 N–H and O–H groups in total. The zero-order valence-electron chi connectivity index (χ0n) is 9.92. The maximum Gasteiger partial charge on any atom is 0.310 e. The highest BCUT2D eigenvalue weighted by Gasteiger charge is 2.53. The van der Waals surface area contributed by atoms with E-state index >= 15 is 0 Å². The molecule has 94 valence electrons. The number of aliphatic carboxylic acids is 1. The molecule has 0 radical (unpaired) electrons. The van der Waals surface area contributed by atoms with Gasteiger partial charge in [-0.3, -0.25) is 9.59 Å². The molecule has 0 spiro atoms. The third-order valence-electron chi connectivity index (χ3n) is 3.17. The fourth-order valence-electron chi connectivity index (χ4n) is 2.34. The van der Waals surface area contributed by atoms with E-state index in [-0.39, 0.29) is 12.0 Å². The lowest BCUT2D eigenvalue weighted by molar-refractivity contribution is -0.146. The minimum atomic E-state index is -0.966. The number of carbonyl (C=O) groups is 2. The molecule has 1 saturated heterocycles. The Morgan fingerprint density at radius 1 is 1.29 bits per heavy atom. The third kappa shape index (κ3) is 2.20. The van der Waals surface area contributed by atoms with Gasteiger partial charge in [0.05, 0.1) is 18.1 Å². The van der Waals surface area contributed by atoms with Crippen LogP contribution >= 0.6 is 0 Å². The van der Waals surface area contributed by atoms with Crippen LogP contribution < -0.4 is 5.32 Å². The number of amides is 1. The maximum atomic E-state index is 12.0. The van der Waals surface area contributed by atoms with Crippen LogP contribution in [-0.2, 0) is 14.3 Å². The van der Waals surface area contributed by atoms with Crippen molar-refractivity contribution in [3.05, 3.63) is 12.2 Å². The summed E-state index contributed by atoms with van der Waals surface area (Å²) in [6.07, 6.45) is 2.68. The van der Waals surface area contributed by atoms with Gasteiger partial charge in [-0.05, 0) is 5.92 Å². The van der Waals surface area contributed by atoms with Crippen molar-refractivity contribution in [3.8, 4) is 0 Å². The molecule has 0 aromatic rings. The van der Waals surface area contributed by atoms with Crippen LogP contribution in [0.5, 0.6) is 0 Å². The number of ether oxygens (including phenoxy) is 1. The number of hydrogen-bond donors (Lipinski definition) is 2. The van der Waals surface area contributed by atoms with Gasteiger partial charge in [-0.15, -0.1) is 0 Å². The molecule has 0 saturated carbocycles. The highest BCUT2D eigenvalue weighted by Crippen LogP contribution is 2.39. The van der Waals surface area contributed by atoms with E-state index in [1.807, 2.05) is 13.8 Å². The Hall–Kier alpha value is -1.36. The van der Waals surface area contributed by atoms with Crippen molar-refractivity contribution >= 4 is 11.9 Å². The summed E-state index contributed by atoms with van der Waals surface area (Å²) < 4.78 is 5.43. The molecule has 17 heavy (non-hydrogen) atoms. The first kappa shape index (κ1) is 12.1. The van der Waals surface area contributed by atoms with Crippen molar-refractivity contribution in [2.45, 2.75) is 26.1 Å². The van der Waals surface area contributed by atoms with Crippen LogP contribution in [0.3, 0.4) is 0 Å². The smallest absolute Gasteiger partial charge is 0.310 e. The Morgan fingerprint density at radius 3 is 2.41 bits per heavy atom. The Labute approximate surface area is 99.8 Å². The average Bonchev–Trinajstić information content (AvgIpc) is 2.84. The normalized spacial score (nSPS) is 34.3. The van der Waals surface area contributed by atoms with Crippen molar-refractivity contribution in [2.24, 2.45) is 17.8 Å². The molecule has 5 heteroatoms. The second-order valence-electron chi connectivity index (χ2n) is 4.98. The zero-order valence-corrected chi connectivity index (χ0v) is 9.92. The molecule has 4 atom stereocenters. The second-order valence-corrected chi connectivity index (χ2v) is 4.98. The highest BCUT2D eigenvalue weighted by molar-refractivity contribution is 5.87. The van der Waals surface area contributed by atoms with Crippen LogP contribution in [0.1, 0.15) is 13.8 Å². The molecule has 2 bridgehead atoms. The van der Waals surface area contributed by atoms with Crippen LogP contribution in [0, 0.1) is 17.8 Å². The predicted octanol–water partition coefficient (Wildman–Crippen LogP) is 0.413. The highest BCUT2D eigenvalue weighted by atomic mass is 16.5. The molecule has 1 fully saturated rings. The van der Waals surface area contributed by atoms with Crippen molar-refractivity contribution in [1.82, 2.24) is 5.32 Å². The Kier molecular flexibility index (Phi) is 3.19. The van der Waals surface area contributed by atoms with Crippen LogP contribution in [0.4, 0.5) is 0 Å². The number of carboxylic acids is 1. The molecule has 2 aliphatic heterocycles. The van der Waals surface area contributed by atoms with Crippen LogP contribution in [0.2, 0.25) is 0 Å². The average molecular weight is 239 g/mol. The first-order chi connectivity index (χ1) is 8.00. The predicted molar refractivity (Wildman–Crippen MR) is 60.3 cm³/mol. The van der Waals surface area contributed by atoms with E-state index in [4.69, 9.17) is 9.84 Å². The molecule has 1 amide bonds. The lowest BCUT2D eigenvalue weighted by Gasteiger charge is -2.21. The van der Waals surface area contributed by atoms with Crippen LogP contribution in [0.25, 0.3) is 0 Å². The summed E-state index contributed by atoms with van der Waals surface area (Å²) in [5, 5.41) is 11.9. The van der Waals surface area contributed by atoms with Gasteiger partial charge in [0.25, 0.3) is 0 Å². The van der Waals surface area contributed by atoms with Gasteiger partial charge in [0.1, 0.15) is 5.92 Å². The van der Waals surface area contributed by atoms with E-state index in [2.05, 4.69) is 5.32 Å². The summed E-state index contributed by atoms with van der Waals surface area (Å²) in [6, 6.07) is 0. The van der Waals surface area contributed by atoms with E-state index < -0.39 is 23.9 Å². The third-order valence-corrected chi connectivity index (χ3v) is 3.17. The van der Waals surface area contributed by atoms with Crippen molar-refractivity contribution < 1.29 is 19.4 Å². The van der Waals surface area contributed by atoms with Crippen LogP contribution in [-0.4, -0.2) is 35.7 Å². The summed E-state index contributed by atoms with van der Waals surface area (Å²) in [5.74, 6) is -2.19. The van der Waals surface area contributed by atoms with Gasteiger partial charge >= 0.3 is 5.97 Å². The second kappa shape index (κ2) is 4.49. The first-order valence-corrected chi connectivity index (χ1v) is 5.85. The van der Waals surface area contributed by atoms with Gasteiger partial charge in [0.15, 0.2) is 0 Å². The molecule has 2 rings (SSSR count). The van der Waals surface area contributed by atoms with Gasteiger partial charge in [0.2, 0.25) is 5.91 Å². The number of carboxylic acid groups (broad SMARTS) is 1. The minimum Gasteiger partial charge on any atom is -0.481 e. The molecular formula is C12H17NO4. The van der Waals surface area contributed by atoms with E-state index in [9.17, 15) is 9.59 Å². The molecule has 0 aromatic carbocycles. The maximum absolute atomic E-state index is 12.0. The van der Waals surface area contributed by atoms with E-state index in [1.165, 1.54) is 0 Å². The summed E-state index contributed by atoms with van der Waals surface area (Å²) in [7, 11) is 0. The van der Waals surface area contributed by atoms with Gasteiger partial charge in [0, 0.05) is 6.54 Å². The SMILES string of the molecule is CC(C)CNC(=O)[C@H]1[C@H](C(=O)O)[C@H]2C=C[C@H]1O2. The number of rotatable bonds is 4. The lowest BCUT2D eigenvalue weighted by Crippen LogP contribution is -2.43. The quantitative estimate of drug-likeness (QED) is 0.697. The summed E-state index contributed by atoms with van der Waals surface area (Å²) in [4.78, 5) is 23.1. The van der Waals surface area contributed by atoms with Crippen molar-refractivity contribution in [3.63, 3.8) is 0 Å². The Balaban J connectivity index is 2.06. The number of nitrogens with one attached hydrogen (secondary N) is 1. The monoisotopic (exact) mass is 239 g/mol. The van der Waals surface area contributed by atoms with E-state index in [1.54, 1.807) is 12.2 Å². The zero-order chi connectivity index (χ0) is 12.6. The van der Waals surface area contributed by atoms with Gasteiger partial charge in [-0.2, -0.15) is 0 Å². The largest absolute Gasteiger partial charge is 0.481 e. The first-order valence-electron chi connectivity index (χ1n) is 5.85. The number of hydrogen-bond acceptors (Lipinski definition) is 3. The fraction of sp³-hybridized carbons (Fsp3) is 0.667. The topological polar surface area (TPSA) is 75.6 Å². The van der Waals surface area contributed by atoms with E-state index in [0.717, 1.165) is 0 Å². The molecule has 2 aliphatic rings. The lowest BCUT2D eigenvalue weighted by atomic mass is 9.82. The number of fused-ring (bicyclic) bond motifs is 2. The minimum absolute atomic E-state index is 0.219. The standard InChI is InChI=1S/C12H17NO4/c1-6(2)5-13-11(14)9-7-3-4-8(17-7)10(9)12(15)16/h3-4,6-10H,5H2,1-2H3,(H,13,14)(H,15,16)/t7-,8-,9-,10-/m1/s1. The molecule has 0 aromatic heterocycles. The molecular weight excluding hydrogens is 222 g/mol. The van der Waals surface area contributed by atoms with Gasteiger partial charge in [-0.1, -0.05) is 26.0 Å². The summed E-state index contributed by atoms with van der Waals surface area (Å²) in [5.41, 5.74) is 0. The van der Waals surface area contributed by atoms with Crippen molar-refractivity contribution in [2.75, 3.05) is 6.54 Å². The summed E-state index contributed by atoms with van der Waals surface area (Å²) in [6.45, 7) is 4.54. The Bertz CT molecular complexity index is 364.